The first-order valence-corrected chi connectivity index (χ1v) is 6.10. The average Bonchev–Trinajstić information content (AvgIpc) is 2.88. The second-order valence-corrected chi connectivity index (χ2v) is 4.60. The van der Waals surface area contributed by atoms with E-state index in [1.807, 2.05) is 6.07 Å². The van der Waals surface area contributed by atoms with Crippen molar-refractivity contribution < 1.29 is 14.7 Å². The van der Waals surface area contributed by atoms with Crippen molar-refractivity contribution in [2.75, 3.05) is 5.32 Å². The number of nitrogens with zero attached hydrogens (tertiary/aromatic N) is 2. The highest BCUT2D eigenvalue weighted by molar-refractivity contribution is 9.10. The van der Waals surface area contributed by atoms with Gasteiger partial charge in [0.1, 0.15) is 6.07 Å². The van der Waals surface area contributed by atoms with E-state index in [2.05, 4.69) is 31.2 Å². The molecule has 8 heteroatoms. The number of hydrogen-bond donors (Lipinski definition) is 3. The van der Waals surface area contributed by atoms with Gasteiger partial charge in [-0.15, -0.1) is 0 Å². The van der Waals surface area contributed by atoms with Crippen molar-refractivity contribution in [2.24, 2.45) is 0 Å². The fourth-order valence-electron chi connectivity index (χ4n) is 1.53. The second kappa shape index (κ2) is 5.54. The standard InChI is InChI=1S/C12H7BrN4O3/c13-7-2-1-6(4-14)8(3-7)17-11(18)9-10(12(19)20)16-5-15-9/h1-3,5H,(H,15,16)(H,17,18)(H,19,20). The molecule has 20 heavy (non-hydrogen) atoms. The molecule has 7 nitrogen and oxygen atoms in total. The molecule has 0 unspecified atom stereocenters. The highest BCUT2D eigenvalue weighted by atomic mass is 79.9. The molecule has 0 atom stereocenters. The zero-order valence-electron chi connectivity index (χ0n) is 9.85. The lowest BCUT2D eigenvalue weighted by Crippen LogP contribution is -2.17. The summed E-state index contributed by atoms with van der Waals surface area (Å²) in [7, 11) is 0. The Labute approximate surface area is 121 Å². The molecule has 0 spiro atoms. The lowest BCUT2D eigenvalue weighted by atomic mass is 10.2. The van der Waals surface area contributed by atoms with Crippen molar-refractivity contribution in [1.29, 1.82) is 5.26 Å². The number of aromatic amines is 1. The van der Waals surface area contributed by atoms with Crippen LogP contribution < -0.4 is 5.32 Å². The number of anilines is 1. The van der Waals surface area contributed by atoms with E-state index in [4.69, 9.17) is 10.4 Å². The number of carboxylic acid groups (broad SMARTS) is 1. The van der Waals surface area contributed by atoms with E-state index in [-0.39, 0.29) is 22.6 Å². The first kappa shape index (κ1) is 13.8. The number of aromatic carboxylic acids is 1. The average molecular weight is 335 g/mol. The molecule has 1 aromatic carbocycles. The Bertz CT molecular complexity index is 733. The number of H-pyrrole nitrogens is 1. The number of carbonyl (C=O) groups is 2. The molecule has 0 aliphatic heterocycles. The molecule has 0 fully saturated rings. The molecule has 100 valence electrons. The molecule has 2 aromatic rings. The lowest BCUT2D eigenvalue weighted by molar-refractivity contribution is 0.0686. The van der Waals surface area contributed by atoms with Gasteiger partial charge in [-0.25, -0.2) is 9.78 Å². The van der Waals surface area contributed by atoms with Crippen LogP contribution in [-0.2, 0) is 0 Å². The largest absolute Gasteiger partial charge is 0.477 e. The molecule has 2 rings (SSSR count). The van der Waals surface area contributed by atoms with Crippen LogP contribution in [0.2, 0.25) is 0 Å². The Morgan fingerprint density at radius 3 is 2.85 bits per heavy atom. The number of amides is 1. The van der Waals surface area contributed by atoms with Crippen molar-refractivity contribution in [1.82, 2.24) is 9.97 Å². The van der Waals surface area contributed by atoms with Crippen LogP contribution in [0.3, 0.4) is 0 Å². The van der Waals surface area contributed by atoms with Crippen LogP contribution in [0, 0.1) is 11.3 Å². The SMILES string of the molecule is N#Cc1ccc(Br)cc1NC(=O)c1nc[nH]c1C(=O)O. The second-order valence-electron chi connectivity index (χ2n) is 3.69. The molecule has 0 saturated carbocycles. The van der Waals surface area contributed by atoms with Crippen LogP contribution in [-0.4, -0.2) is 27.0 Å². The molecular formula is C12H7BrN4O3. The molecule has 1 heterocycles. The quantitative estimate of drug-likeness (QED) is 0.792. The maximum atomic E-state index is 12.0. The number of halogens is 1. The Kier molecular flexibility index (Phi) is 3.81. The zero-order valence-corrected chi connectivity index (χ0v) is 11.4. The van der Waals surface area contributed by atoms with Gasteiger partial charge in [0.05, 0.1) is 17.6 Å². The fourth-order valence-corrected chi connectivity index (χ4v) is 1.89. The van der Waals surface area contributed by atoms with Crippen LogP contribution in [0.5, 0.6) is 0 Å². The molecule has 0 radical (unpaired) electrons. The third-order valence-corrected chi connectivity index (χ3v) is 2.91. The molecule has 1 aromatic heterocycles. The number of rotatable bonds is 3. The number of imidazole rings is 1. The van der Waals surface area contributed by atoms with Gasteiger partial charge >= 0.3 is 5.97 Å². The Morgan fingerprint density at radius 1 is 1.45 bits per heavy atom. The maximum absolute atomic E-state index is 12.0. The minimum absolute atomic E-state index is 0.249. The summed E-state index contributed by atoms with van der Waals surface area (Å²) in [5.41, 5.74) is -0.0301. The minimum Gasteiger partial charge on any atom is -0.477 e. The normalized spacial score (nSPS) is 9.80. The van der Waals surface area contributed by atoms with E-state index in [9.17, 15) is 9.59 Å². The van der Waals surface area contributed by atoms with E-state index in [1.54, 1.807) is 12.1 Å². The van der Waals surface area contributed by atoms with Crippen molar-refractivity contribution in [3.63, 3.8) is 0 Å². The molecule has 1 amide bonds. The Morgan fingerprint density at radius 2 is 2.20 bits per heavy atom. The van der Waals surface area contributed by atoms with Gasteiger partial charge in [0, 0.05) is 4.47 Å². The molecule has 0 bridgehead atoms. The molecule has 0 saturated heterocycles. The summed E-state index contributed by atoms with van der Waals surface area (Å²) in [5, 5.41) is 20.3. The van der Waals surface area contributed by atoms with Gasteiger partial charge in [-0.1, -0.05) is 15.9 Å². The summed E-state index contributed by atoms with van der Waals surface area (Å²) in [5.74, 6) is -2.00. The van der Waals surface area contributed by atoms with Crippen LogP contribution in [0.4, 0.5) is 5.69 Å². The highest BCUT2D eigenvalue weighted by Crippen LogP contribution is 2.21. The summed E-state index contributed by atoms with van der Waals surface area (Å²) in [6.45, 7) is 0. The zero-order chi connectivity index (χ0) is 14.7. The van der Waals surface area contributed by atoms with Crippen molar-refractivity contribution in [3.8, 4) is 6.07 Å². The number of carboxylic acids is 1. The number of nitrogens with one attached hydrogen (secondary N) is 2. The van der Waals surface area contributed by atoms with Gasteiger partial charge in [-0.05, 0) is 18.2 Å². The van der Waals surface area contributed by atoms with Crippen molar-refractivity contribution >= 4 is 33.5 Å². The van der Waals surface area contributed by atoms with Crippen molar-refractivity contribution in [2.45, 2.75) is 0 Å². The third kappa shape index (κ3) is 2.67. The van der Waals surface area contributed by atoms with Gasteiger partial charge in [-0.2, -0.15) is 5.26 Å². The fraction of sp³-hybridized carbons (Fsp3) is 0. The first-order chi connectivity index (χ1) is 9.52. The minimum atomic E-state index is -1.29. The van der Waals surface area contributed by atoms with Crippen LogP contribution >= 0.6 is 15.9 Å². The highest BCUT2D eigenvalue weighted by Gasteiger charge is 2.20. The third-order valence-electron chi connectivity index (χ3n) is 2.42. The molecule has 3 N–H and O–H groups in total. The van der Waals surface area contributed by atoms with Gasteiger partial charge in [0.25, 0.3) is 5.91 Å². The first-order valence-electron chi connectivity index (χ1n) is 5.30. The van der Waals surface area contributed by atoms with Crippen molar-refractivity contribution in [3.05, 3.63) is 46.0 Å². The summed E-state index contributed by atoms with van der Waals surface area (Å²) in [4.78, 5) is 28.9. The summed E-state index contributed by atoms with van der Waals surface area (Å²) < 4.78 is 0.673. The van der Waals surface area contributed by atoms with Crippen LogP contribution in [0.1, 0.15) is 26.5 Å². The predicted octanol–water partition coefficient (Wildman–Crippen LogP) is 1.99. The number of nitriles is 1. The van der Waals surface area contributed by atoms with Gasteiger partial charge < -0.3 is 15.4 Å². The maximum Gasteiger partial charge on any atom is 0.354 e. The van der Waals surface area contributed by atoms with Crippen LogP contribution in [0.25, 0.3) is 0 Å². The van der Waals surface area contributed by atoms with E-state index in [0.29, 0.717) is 4.47 Å². The van der Waals surface area contributed by atoms with E-state index in [1.165, 1.54) is 6.07 Å². The van der Waals surface area contributed by atoms with E-state index < -0.39 is 11.9 Å². The smallest absolute Gasteiger partial charge is 0.354 e. The number of aromatic nitrogens is 2. The monoisotopic (exact) mass is 334 g/mol. The topological polar surface area (TPSA) is 119 Å². The Balaban J connectivity index is 2.33. The van der Waals surface area contributed by atoms with E-state index >= 15 is 0 Å². The summed E-state index contributed by atoms with van der Waals surface area (Å²) >= 11 is 3.23. The van der Waals surface area contributed by atoms with Gasteiger partial charge in [0.15, 0.2) is 11.4 Å². The molecule has 0 aliphatic carbocycles. The van der Waals surface area contributed by atoms with E-state index in [0.717, 1.165) is 6.33 Å². The summed E-state index contributed by atoms with van der Waals surface area (Å²) in [6.07, 6.45) is 1.12. The number of benzene rings is 1. The summed E-state index contributed by atoms with van der Waals surface area (Å²) in [6, 6.07) is 6.66. The molecule has 0 aliphatic rings. The van der Waals surface area contributed by atoms with Gasteiger partial charge in [-0.3, -0.25) is 4.79 Å². The van der Waals surface area contributed by atoms with Gasteiger partial charge in [0.2, 0.25) is 0 Å². The Hall–Kier alpha value is -2.66. The lowest BCUT2D eigenvalue weighted by Gasteiger charge is -2.06. The molecular weight excluding hydrogens is 328 g/mol. The van der Waals surface area contributed by atoms with Crippen LogP contribution in [0.15, 0.2) is 29.0 Å². The number of carbonyl (C=O) groups excluding carboxylic acids is 1. The number of hydrogen-bond acceptors (Lipinski definition) is 4. The predicted molar refractivity (Wildman–Crippen MR) is 72.4 cm³/mol.